The van der Waals surface area contributed by atoms with Crippen molar-refractivity contribution in [3.8, 4) is 0 Å². The van der Waals surface area contributed by atoms with E-state index >= 15 is 0 Å². The average molecular weight is 362 g/mol. The summed E-state index contributed by atoms with van der Waals surface area (Å²) in [5, 5.41) is 29.4. The molecule has 12 heteroatoms. The molecule has 0 bridgehead atoms. The van der Waals surface area contributed by atoms with Gasteiger partial charge in [0.15, 0.2) is 28.2 Å². The standard InChI is InChI=1S/C11H10F5NO5S/c1-11(2-18,3-19)10(20)17-23(21,22)9-7(15)5(13)4(12)6(14)8(9)16/h18-19H,2-3H2,1H3,(H,17,20)/p-1. The van der Waals surface area contributed by atoms with Gasteiger partial charge < -0.3 is 15.3 Å². The van der Waals surface area contributed by atoms with Gasteiger partial charge in [0.25, 0.3) is 10.0 Å². The molecule has 130 valence electrons. The van der Waals surface area contributed by atoms with Crippen molar-refractivity contribution < 1.29 is 45.7 Å². The molecule has 0 aliphatic rings. The Bertz CT molecular complexity index is 732. The van der Waals surface area contributed by atoms with Crippen LogP contribution in [0.2, 0.25) is 0 Å². The van der Waals surface area contributed by atoms with Gasteiger partial charge in [-0.2, -0.15) is 12.8 Å². The van der Waals surface area contributed by atoms with Crippen LogP contribution < -0.4 is 5.11 Å². The number of nitrogens with zero attached hydrogens (tertiary/aromatic N) is 1. The van der Waals surface area contributed by atoms with Gasteiger partial charge in [0, 0.05) is 5.41 Å². The third-order valence-electron chi connectivity index (χ3n) is 2.84. The largest absolute Gasteiger partial charge is 0.861 e. The minimum Gasteiger partial charge on any atom is -0.861 e. The van der Waals surface area contributed by atoms with Crippen LogP contribution >= 0.6 is 0 Å². The number of hydrogen-bond acceptors (Lipinski definition) is 5. The fourth-order valence-corrected chi connectivity index (χ4v) is 2.42. The first-order valence-corrected chi connectivity index (χ1v) is 7.12. The fraction of sp³-hybridized carbons (Fsp3) is 0.364. The first kappa shape index (κ1) is 19.3. The molecule has 0 saturated heterocycles. The highest BCUT2D eigenvalue weighted by Crippen LogP contribution is 2.28. The van der Waals surface area contributed by atoms with Gasteiger partial charge in [-0.15, -0.1) is 0 Å². The van der Waals surface area contributed by atoms with Crippen molar-refractivity contribution in [2.75, 3.05) is 13.2 Å². The molecule has 0 fully saturated rings. The molecule has 2 N–H and O–H groups in total. The highest BCUT2D eigenvalue weighted by atomic mass is 32.2. The van der Waals surface area contributed by atoms with E-state index in [-0.39, 0.29) is 0 Å². The number of aliphatic hydroxyl groups is 2. The summed E-state index contributed by atoms with van der Waals surface area (Å²) in [6.07, 6.45) is 0. The van der Waals surface area contributed by atoms with Crippen LogP contribution in [-0.2, 0) is 10.0 Å². The quantitative estimate of drug-likeness (QED) is 0.248. The molecule has 6 nitrogen and oxygen atoms in total. The Balaban J connectivity index is 3.65. The van der Waals surface area contributed by atoms with Crippen LogP contribution in [0.3, 0.4) is 0 Å². The molecule has 0 radical (unpaired) electrons. The Morgan fingerprint density at radius 2 is 1.35 bits per heavy atom. The summed E-state index contributed by atoms with van der Waals surface area (Å²) in [4.78, 5) is -2.31. The highest BCUT2D eigenvalue weighted by molar-refractivity contribution is 7.90. The number of aliphatic hydroxyl groups excluding tert-OH is 2. The van der Waals surface area contributed by atoms with E-state index < -0.39 is 68.5 Å². The van der Waals surface area contributed by atoms with Crippen LogP contribution in [0, 0.1) is 34.5 Å². The summed E-state index contributed by atoms with van der Waals surface area (Å²) in [7, 11) is -5.63. The first-order valence-electron chi connectivity index (χ1n) is 5.68. The van der Waals surface area contributed by atoms with E-state index in [1.54, 1.807) is 0 Å². The van der Waals surface area contributed by atoms with Crippen LogP contribution in [-0.4, -0.2) is 37.7 Å². The van der Waals surface area contributed by atoms with E-state index in [2.05, 4.69) is 4.40 Å². The van der Waals surface area contributed by atoms with Gasteiger partial charge in [0.2, 0.25) is 5.82 Å². The smallest absolute Gasteiger partial charge is 0.287 e. The van der Waals surface area contributed by atoms with Crippen molar-refractivity contribution in [2.45, 2.75) is 11.8 Å². The molecular weight excluding hydrogens is 353 g/mol. The van der Waals surface area contributed by atoms with Crippen molar-refractivity contribution in [1.82, 2.24) is 0 Å². The summed E-state index contributed by atoms with van der Waals surface area (Å²) in [6.45, 7) is -1.30. The number of rotatable bonds is 5. The van der Waals surface area contributed by atoms with Gasteiger partial charge in [0.05, 0.1) is 13.2 Å². The van der Waals surface area contributed by atoms with Crippen LogP contribution in [0.25, 0.3) is 0 Å². The Kier molecular flexibility index (Phi) is 5.34. The SMILES string of the molecule is CC(CO)(CO)/C([O-])=N/S(=O)(=O)c1c(F)c(F)c(F)c(F)c1F. The van der Waals surface area contributed by atoms with Gasteiger partial charge in [-0.1, -0.05) is 6.92 Å². The third-order valence-corrected chi connectivity index (χ3v) is 4.13. The molecule has 0 unspecified atom stereocenters. The molecule has 0 aromatic heterocycles. The molecule has 0 spiro atoms. The molecule has 0 heterocycles. The second kappa shape index (κ2) is 6.37. The van der Waals surface area contributed by atoms with Gasteiger partial charge in [0.1, 0.15) is 0 Å². The number of benzene rings is 1. The van der Waals surface area contributed by atoms with Crippen LogP contribution in [0.15, 0.2) is 9.29 Å². The van der Waals surface area contributed by atoms with Crippen molar-refractivity contribution in [3.05, 3.63) is 29.1 Å². The lowest BCUT2D eigenvalue weighted by molar-refractivity contribution is -0.233. The van der Waals surface area contributed by atoms with Gasteiger partial charge >= 0.3 is 0 Å². The minimum absolute atomic E-state index is 0.868. The lowest BCUT2D eigenvalue weighted by Crippen LogP contribution is -2.43. The van der Waals surface area contributed by atoms with E-state index in [1.165, 1.54) is 0 Å². The predicted octanol–water partition coefficient (Wildman–Crippen LogP) is -0.180. The second-order valence-corrected chi connectivity index (χ2v) is 6.19. The topological polar surface area (TPSA) is 110 Å². The van der Waals surface area contributed by atoms with Crippen LogP contribution in [0.5, 0.6) is 0 Å². The molecule has 1 aromatic rings. The lowest BCUT2D eigenvalue weighted by Gasteiger charge is -2.30. The molecule has 0 atom stereocenters. The molecule has 0 aliphatic carbocycles. The molecule has 1 rings (SSSR count). The zero-order valence-corrected chi connectivity index (χ0v) is 12.1. The number of hydrogen-bond donors (Lipinski definition) is 2. The molecule has 23 heavy (non-hydrogen) atoms. The lowest BCUT2D eigenvalue weighted by atomic mass is 9.93. The maximum atomic E-state index is 13.4. The monoisotopic (exact) mass is 362 g/mol. The molecule has 1 aromatic carbocycles. The summed E-state index contributed by atoms with van der Waals surface area (Å²) < 4.78 is 91.5. The normalized spacial score (nSPS) is 13.5. The fourth-order valence-electron chi connectivity index (χ4n) is 1.26. The molecule has 0 amide bonds. The van der Waals surface area contributed by atoms with Crippen molar-refractivity contribution >= 4 is 15.9 Å². The summed E-state index contributed by atoms with van der Waals surface area (Å²) >= 11 is 0. The van der Waals surface area contributed by atoms with Gasteiger partial charge in [-0.3, -0.25) is 0 Å². The molecular formula is C11H9F5NO5S-. The van der Waals surface area contributed by atoms with E-state index in [0.29, 0.717) is 0 Å². The van der Waals surface area contributed by atoms with E-state index in [9.17, 15) is 35.5 Å². The zero-order chi connectivity index (χ0) is 18.2. The maximum Gasteiger partial charge on any atom is 0.287 e. The zero-order valence-electron chi connectivity index (χ0n) is 11.3. The van der Waals surface area contributed by atoms with Crippen LogP contribution in [0.4, 0.5) is 22.0 Å². The first-order chi connectivity index (χ1) is 10.4. The third kappa shape index (κ3) is 3.28. The summed E-state index contributed by atoms with van der Waals surface area (Å²) in [6, 6.07) is 0. The molecule has 0 aliphatic heterocycles. The Labute approximate surface area is 126 Å². The van der Waals surface area contributed by atoms with Crippen molar-refractivity contribution in [1.29, 1.82) is 0 Å². The van der Waals surface area contributed by atoms with Crippen LogP contribution in [0.1, 0.15) is 6.92 Å². The highest BCUT2D eigenvalue weighted by Gasteiger charge is 2.34. The van der Waals surface area contributed by atoms with E-state index in [0.717, 1.165) is 6.92 Å². The second-order valence-electron chi connectivity index (χ2n) is 4.65. The Hall–Kier alpha value is -1.79. The van der Waals surface area contributed by atoms with E-state index in [1.807, 2.05) is 0 Å². The predicted molar refractivity (Wildman–Crippen MR) is 63.1 cm³/mol. The number of sulfonamides is 1. The minimum atomic E-state index is -5.63. The summed E-state index contributed by atoms with van der Waals surface area (Å²) in [5.41, 5.74) is -2.13. The van der Waals surface area contributed by atoms with Gasteiger partial charge in [-0.05, 0) is 5.90 Å². The number of halogens is 5. The summed E-state index contributed by atoms with van der Waals surface area (Å²) in [5.74, 6) is -14.7. The van der Waals surface area contributed by atoms with Crippen molar-refractivity contribution in [3.63, 3.8) is 0 Å². The molecule has 0 saturated carbocycles. The van der Waals surface area contributed by atoms with E-state index in [4.69, 9.17) is 10.2 Å². The Morgan fingerprint density at radius 1 is 1.00 bits per heavy atom. The average Bonchev–Trinajstić information content (AvgIpc) is 2.49. The maximum absolute atomic E-state index is 13.4. The Morgan fingerprint density at radius 3 is 1.70 bits per heavy atom. The van der Waals surface area contributed by atoms with Gasteiger partial charge in [-0.25, -0.2) is 22.0 Å². The van der Waals surface area contributed by atoms with Crippen molar-refractivity contribution in [2.24, 2.45) is 9.81 Å².